The van der Waals surface area contributed by atoms with E-state index in [9.17, 15) is 4.79 Å². The summed E-state index contributed by atoms with van der Waals surface area (Å²) in [7, 11) is 0. The number of piperidine rings is 1. The Bertz CT molecular complexity index is 375. The van der Waals surface area contributed by atoms with Crippen LogP contribution in [0.25, 0.3) is 0 Å². The van der Waals surface area contributed by atoms with Gasteiger partial charge >= 0.3 is 6.09 Å². The zero-order chi connectivity index (χ0) is 12.8. The molecule has 1 aromatic rings. The summed E-state index contributed by atoms with van der Waals surface area (Å²) in [5.41, 5.74) is 0. The van der Waals surface area contributed by atoms with Gasteiger partial charge in [-0.1, -0.05) is 18.2 Å². The van der Waals surface area contributed by atoms with Gasteiger partial charge in [-0.2, -0.15) is 0 Å². The van der Waals surface area contributed by atoms with Crippen LogP contribution in [0.3, 0.4) is 0 Å². The Labute approximate surface area is 108 Å². The van der Waals surface area contributed by atoms with Gasteiger partial charge in [0.05, 0.1) is 0 Å². The highest BCUT2D eigenvalue weighted by molar-refractivity contribution is 5.71. The third-order valence-electron chi connectivity index (χ3n) is 3.24. The number of para-hydroxylation sites is 1. The molecule has 1 N–H and O–H groups in total. The SMILES string of the molecule is CCN(C(=O)Oc1ccccc1)C1CCCNC1. The minimum atomic E-state index is -0.252. The highest BCUT2D eigenvalue weighted by Crippen LogP contribution is 2.14. The normalized spacial score (nSPS) is 19.3. The first-order valence-electron chi connectivity index (χ1n) is 6.55. The quantitative estimate of drug-likeness (QED) is 0.892. The predicted molar refractivity (Wildman–Crippen MR) is 70.7 cm³/mol. The maximum Gasteiger partial charge on any atom is 0.415 e. The van der Waals surface area contributed by atoms with E-state index in [2.05, 4.69) is 5.32 Å². The van der Waals surface area contributed by atoms with Gasteiger partial charge in [0.1, 0.15) is 5.75 Å². The molecule has 1 aromatic carbocycles. The number of rotatable bonds is 3. The van der Waals surface area contributed by atoms with Crippen molar-refractivity contribution in [3.8, 4) is 5.75 Å². The fraction of sp³-hybridized carbons (Fsp3) is 0.500. The first kappa shape index (κ1) is 12.9. The van der Waals surface area contributed by atoms with Crippen molar-refractivity contribution in [3.05, 3.63) is 30.3 Å². The molecule has 4 heteroatoms. The summed E-state index contributed by atoms with van der Waals surface area (Å²) in [6.07, 6.45) is 1.90. The molecule has 18 heavy (non-hydrogen) atoms. The van der Waals surface area contributed by atoms with Crippen molar-refractivity contribution >= 4 is 6.09 Å². The molecule has 1 atom stereocenters. The second-order valence-corrected chi connectivity index (χ2v) is 4.47. The summed E-state index contributed by atoms with van der Waals surface area (Å²) in [5, 5.41) is 3.32. The van der Waals surface area contributed by atoms with E-state index in [0.29, 0.717) is 12.3 Å². The van der Waals surface area contributed by atoms with E-state index in [1.165, 1.54) is 0 Å². The van der Waals surface area contributed by atoms with Gasteiger partial charge in [0, 0.05) is 19.1 Å². The maximum absolute atomic E-state index is 12.1. The molecule has 1 fully saturated rings. The maximum atomic E-state index is 12.1. The molecule has 0 radical (unpaired) electrons. The van der Waals surface area contributed by atoms with Crippen molar-refractivity contribution in [2.75, 3.05) is 19.6 Å². The number of carbonyl (C=O) groups is 1. The van der Waals surface area contributed by atoms with Gasteiger partial charge in [0.15, 0.2) is 0 Å². The van der Waals surface area contributed by atoms with Crippen LogP contribution in [0, 0.1) is 0 Å². The molecule has 1 unspecified atom stereocenters. The van der Waals surface area contributed by atoms with Crippen LogP contribution in [0.1, 0.15) is 19.8 Å². The van der Waals surface area contributed by atoms with Gasteiger partial charge in [-0.25, -0.2) is 4.79 Å². The first-order chi connectivity index (χ1) is 8.81. The number of nitrogens with one attached hydrogen (secondary N) is 1. The van der Waals surface area contributed by atoms with Gasteiger partial charge in [0.2, 0.25) is 0 Å². The molecule has 0 saturated carbocycles. The van der Waals surface area contributed by atoms with Crippen molar-refractivity contribution in [2.24, 2.45) is 0 Å². The third-order valence-corrected chi connectivity index (χ3v) is 3.24. The summed E-state index contributed by atoms with van der Waals surface area (Å²) in [4.78, 5) is 13.9. The average Bonchev–Trinajstić information content (AvgIpc) is 2.42. The molecule has 0 spiro atoms. The number of amides is 1. The summed E-state index contributed by atoms with van der Waals surface area (Å²) in [6, 6.07) is 9.47. The topological polar surface area (TPSA) is 41.6 Å². The van der Waals surface area contributed by atoms with E-state index in [1.807, 2.05) is 25.1 Å². The van der Waals surface area contributed by atoms with Gasteiger partial charge in [-0.15, -0.1) is 0 Å². The van der Waals surface area contributed by atoms with Crippen LogP contribution in [0.5, 0.6) is 5.75 Å². The number of hydrogen-bond donors (Lipinski definition) is 1. The molecular weight excluding hydrogens is 228 g/mol. The van der Waals surface area contributed by atoms with Gasteiger partial charge in [-0.3, -0.25) is 0 Å². The molecule has 0 bridgehead atoms. The zero-order valence-electron chi connectivity index (χ0n) is 10.8. The zero-order valence-corrected chi connectivity index (χ0v) is 10.8. The fourth-order valence-corrected chi connectivity index (χ4v) is 2.28. The van der Waals surface area contributed by atoms with E-state index in [0.717, 1.165) is 25.9 Å². The smallest absolute Gasteiger partial charge is 0.410 e. The van der Waals surface area contributed by atoms with Crippen LogP contribution in [-0.4, -0.2) is 36.7 Å². The first-order valence-corrected chi connectivity index (χ1v) is 6.55. The predicted octanol–water partition coefficient (Wildman–Crippen LogP) is 2.26. The molecule has 2 rings (SSSR count). The van der Waals surface area contributed by atoms with Gasteiger partial charge in [0.25, 0.3) is 0 Å². The Morgan fingerprint density at radius 1 is 1.44 bits per heavy atom. The van der Waals surface area contributed by atoms with Crippen molar-refractivity contribution in [1.82, 2.24) is 10.2 Å². The Balaban J connectivity index is 1.96. The number of carbonyl (C=O) groups excluding carboxylic acids is 1. The van der Waals surface area contributed by atoms with Gasteiger partial charge in [-0.05, 0) is 38.4 Å². The number of hydrogen-bond acceptors (Lipinski definition) is 3. The number of benzene rings is 1. The lowest BCUT2D eigenvalue weighted by Gasteiger charge is -2.33. The second-order valence-electron chi connectivity index (χ2n) is 4.47. The van der Waals surface area contributed by atoms with Crippen LogP contribution in [0.2, 0.25) is 0 Å². The lowest BCUT2D eigenvalue weighted by Crippen LogP contribution is -2.49. The van der Waals surface area contributed by atoms with Gasteiger partial charge < -0.3 is 15.0 Å². The van der Waals surface area contributed by atoms with Crippen LogP contribution in [-0.2, 0) is 0 Å². The summed E-state index contributed by atoms with van der Waals surface area (Å²) < 4.78 is 5.38. The molecule has 4 nitrogen and oxygen atoms in total. The summed E-state index contributed by atoms with van der Waals surface area (Å²) in [5.74, 6) is 0.602. The van der Waals surface area contributed by atoms with E-state index in [1.54, 1.807) is 17.0 Å². The monoisotopic (exact) mass is 248 g/mol. The molecular formula is C14H20N2O2. The highest BCUT2D eigenvalue weighted by atomic mass is 16.6. The third kappa shape index (κ3) is 3.23. The van der Waals surface area contributed by atoms with Crippen LogP contribution in [0.4, 0.5) is 4.79 Å². The minimum absolute atomic E-state index is 0.250. The number of nitrogens with zero attached hydrogens (tertiary/aromatic N) is 1. The van der Waals surface area contributed by atoms with Crippen LogP contribution < -0.4 is 10.1 Å². The molecule has 0 aliphatic carbocycles. The average molecular weight is 248 g/mol. The number of likely N-dealkylation sites (N-methyl/N-ethyl adjacent to an activating group) is 1. The molecule has 1 heterocycles. The lowest BCUT2D eigenvalue weighted by atomic mass is 10.1. The van der Waals surface area contributed by atoms with E-state index < -0.39 is 0 Å². The Kier molecular flexibility index (Phi) is 4.59. The second kappa shape index (κ2) is 6.40. The van der Waals surface area contributed by atoms with Crippen molar-refractivity contribution in [2.45, 2.75) is 25.8 Å². The van der Waals surface area contributed by atoms with E-state index in [-0.39, 0.29) is 12.1 Å². The Morgan fingerprint density at radius 2 is 2.22 bits per heavy atom. The molecule has 98 valence electrons. The molecule has 1 saturated heterocycles. The molecule has 1 amide bonds. The van der Waals surface area contributed by atoms with E-state index >= 15 is 0 Å². The molecule has 1 aliphatic rings. The molecule has 0 aromatic heterocycles. The standard InChI is InChI=1S/C14H20N2O2/c1-2-16(12-7-6-10-15-11-12)14(17)18-13-8-4-3-5-9-13/h3-5,8-9,12,15H,2,6-7,10-11H2,1H3. The highest BCUT2D eigenvalue weighted by Gasteiger charge is 2.25. The van der Waals surface area contributed by atoms with Crippen LogP contribution >= 0.6 is 0 Å². The number of ether oxygens (including phenoxy) is 1. The molecule has 1 aliphatic heterocycles. The van der Waals surface area contributed by atoms with E-state index in [4.69, 9.17) is 4.74 Å². The minimum Gasteiger partial charge on any atom is -0.410 e. The largest absolute Gasteiger partial charge is 0.415 e. The van der Waals surface area contributed by atoms with Crippen molar-refractivity contribution in [3.63, 3.8) is 0 Å². The van der Waals surface area contributed by atoms with Crippen molar-refractivity contribution in [1.29, 1.82) is 0 Å². The summed E-state index contributed by atoms with van der Waals surface area (Å²) in [6.45, 7) is 4.57. The van der Waals surface area contributed by atoms with Crippen molar-refractivity contribution < 1.29 is 9.53 Å². The lowest BCUT2D eigenvalue weighted by molar-refractivity contribution is 0.125. The fourth-order valence-electron chi connectivity index (χ4n) is 2.28. The van der Waals surface area contributed by atoms with Crippen LogP contribution in [0.15, 0.2) is 30.3 Å². The summed E-state index contributed by atoms with van der Waals surface area (Å²) >= 11 is 0. The Hall–Kier alpha value is -1.55. The Morgan fingerprint density at radius 3 is 2.83 bits per heavy atom.